The van der Waals surface area contributed by atoms with Gasteiger partial charge in [-0.1, -0.05) is 35.5 Å². The van der Waals surface area contributed by atoms with E-state index in [9.17, 15) is 18.0 Å². The summed E-state index contributed by atoms with van der Waals surface area (Å²) in [6.07, 6.45) is -0.458. The van der Waals surface area contributed by atoms with Crippen LogP contribution >= 0.6 is 23.4 Å². The number of thioether (sulfide) groups is 1. The molecular formula is C16H17ClN2O5S2. The molecule has 2 atom stereocenters. The topological polar surface area (TPSA) is 104 Å². The highest BCUT2D eigenvalue weighted by atomic mass is 35.5. The van der Waals surface area contributed by atoms with Gasteiger partial charge in [0, 0.05) is 23.2 Å². The summed E-state index contributed by atoms with van der Waals surface area (Å²) in [5.41, 5.74) is 0.922. The van der Waals surface area contributed by atoms with E-state index in [1.807, 2.05) is 17.0 Å². The van der Waals surface area contributed by atoms with Crippen molar-refractivity contribution < 1.29 is 23.1 Å². The third-order valence-electron chi connectivity index (χ3n) is 4.21. The lowest BCUT2D eigenvalue weighted by molar-refractivity contribution is -0.138. The fourth-order valence-electron chi connectivity index (χ4n) is 2.98. The highest BCUT2D eigenvalue weighted by Crippen LogP contribution is 2.39. The van der Waals surface area contributed by atoms with Crippen molar-refractivity contribution in [1.82, 2.24) is 4.90 Å². The number of hydrogen-bond donors (Lipinski definition) is 1. The van der Waals surface area contributed by atoms with Gasteiger partial charge in [0.25, 0.3) is 0 Å². The first-order valence-corrected chi connectivity index (χ1v) is 11.0. The quantitative estimate of drug-likeness (QED) is 0.780. The molecule has 0 aromatic heterocycles. The van der Waals surface area contributed by atoms with E-state index in [1.165, 1.54) is 11.8 Å². The van der Waals surface area contributed by atoms with E-state index in [1.54, 1.807) is 12.1 Å². The van der Waals surface area contributed by atoms with Crippen molar-refractivity contribution in [3.05, 3.63) is 34.9 Å². The van der Waals surface area contributed by atoms with Crippen LogP contribution in [-0.4, -0.2) is 58.3 Å². The molecule has 1 aromatic carbocycles. The summed E-state index contributed by atoms with van der Waals surface area (Å²) >= 11 is 7.18. The number of benzene rings is 1. The molecule has 0 unspecified atom stereocenters. The van der Waals surface area contributed by atoms with Crippen LogP contribution in [0.1, 0.15) is 18.4 Å². The third-order valence-corrected chi connectivity index (χ3v) is 7.71. The van der Waals surface area contributed by atoms with E-state index in [4.69, 9.17) is 16.7 Å². The Bertz CT molecular complexity index is 854. The van der Waals surface area contributed by atoms with Gasteiger partial charge in [-0.05, 0) is 17.7 Å². The predicted molar refractivity (Wildman–Crippen MR) is 100 cm³/mol. The van der Waals surface area contributed by atoms with Crippen molar-refractivity contribution >= 4 is 50.2 Å². The fraction of sp³-hybridized carbons (Fsp3) is 0.438. The zero-order valence-electron chi connectivity index (χ0n) is 13.7. The number of carbonyl (C=O) groups excluding carboxylic acids is 1. The number of amides is 1. The maximum atomic E-state index is 12.0. The Labute approximate surface area is 160 Å². The van der Waals surface area contributed by atoms with Gasteiger partial charge >= 0.3 is 5.97 Å². The highest BCUT2D eigenvalue weighted by molar-refractivity contribution is 8.15. The molecule has 0 spiro atoms. The smallest absolute Gasteiger partial charge is 0.303 e. The van der Waals surface area contributed by atoms with Crippen LogP contribution in [-0.2, 0) is 26.0 Å². The number of amidine groups is 1. The largest absolute Gasteiger partial charge is 0.481 e. The number of aliphatic carboxylic acids is 1. The first-order valence-electron chi connectivity index (χ1n) is 7.95. The molecule has 0 aliphatic carbocycles. The Balaban J connectivity index is 1.82. The summed E-state index contributed by atoms with van der Waals surface area (Å²) in [5.74, 6) is -1.49. The second-order valence-corrected chi connectivity index (χ2v) is 10.0. The SMILES string of the molecule is O=C(O)CCC(=O)N=C1S[C@@H]2CS(=O)(=O)C[C@@H]2N1Cc1ccc(Cl)cc1. The summed E-state index contributed by atoms with van der Waals surface area (Å²) in [6.45, 7) is 0.409. The summed E-state index contributed by atoms with van der Waals surface area (Å²) in [5, 5.41) is 9.58. The van der Waals surface area contributed by atoms with E-state index >= 15 is 0 Å². The molecule has 3 rings (SSSR count). The predicted octanol–water partition coefficient (Wildman–Crippen LogP) is 1.80. The van der Waals surface area contributed by atoms with Crippen LogP contribution in [0.25, 0.3) is 0 Å². The number of carboxylic acid groups (broad SMARTS) is 1. The lowest BCUT2D eigenvalue weighted by Gasteiger charge is -2.24. The van der Waals surface area contributed by atoms with Crippen LogP contribution in [0, 0.1) is 0 Å². The van der Waals surface area contributed by atoms with Crippen molar-refractivity contribution in [3.8, 4) is 0 Å². The number of hydrogen-bond acceptors (Lipinski definition) is 5. The molecule has 2 heterocycles. The fourth-order valence-corrected chi connectivity index (χ4v) is 7.08. The van der Waals surface area contributed by atoms with Gasteiger partial charge in [0.2, 0.25) is 5.91 Å². The van der Waals surface area contributed by atoms with Crippen molar-refractivity contribution in [3.63, 3.8) is 0 Å². The maximum Gasteiger partial charge on any atom is 0.303 e. The van der Waals surface area contributed by atoms with Gasteiger partial charge in [0.05, 0.1) is 24.0 Å². The normalized spacial score (nSPS) is 25.4. The van der Waals surface area contributed by atoms with Crippen LogP contribution in [0.15, 0.2) is 29.3 Å². The Hall–Kier alpha value is -1.58. The molecule has 7 nitrogen and oxygen atoms in total. The number of aliphatic imine (C=N–C) groups is 1. The number of halogens is 1. The van der Waals surface area contributed by atoms with E-state index in [2.05, 4.69) is 4.99 Å². The molecule has 0 radical (unpaired) electrons. The van der Waals surface area contributed by atoms with Gasteiger partial charge < -0.3 is 10.0 Å². The molecule has 1 N–H and O–H groups in total. The molecular weight excluding hydrogens is 400 g/mol. The zero-order valence-corrected chi connectivity index (χ0v) is 16.1. The average molecular weight is 417 g/mol. The minimum atomic E-state index is -3.11. The van der Waals surface area contributed by atoms with Crippen LogP contribution in [0.4, 0.5) is 0 Å². The van der Waals surface area contributed by atoms with E-state index in [-0.39, 0.29) is 35.6 Å². The Morgan fingerprint density at radius 1 is 1.23 bits per heavy atom. The number of nitrogens with zero attached hydrogens (tertiary/aromatic N) is 2. The van der Waals surface area contributed by atoms with Crippen LogP contribution in [0.2, 0.25) is 5.02 Å². The molecule has 2 saturated heterocycles. The standard InChI is InChI=1S/C16H17ClN2O5S2/c17-11-3-1-10(2-4-11)7-19-12-8-26(23,24)9-13(12)25-16(19)18-14(20)5-6-15(21)22/h1-4,12-13H,5-9H2,(H,21,22)/t12-,13+/m0/s1. The third kappa shape index (κ3) is 4.57. The first-order chi connectivity index (χ1) is 12.2. The molecule has 1 aromatic rings. The number of fused-ring (bicyclic) bond motifs is 1. The van der Waals surface area contributed by atoms with Gasteiger partial charge in [-0.3, -0.25) is 9.59 Å². The summed E-state index contributed by atoms with van der Waals surface area (Å²) in [7, 11) is -3.11. The van der Waals surface area contributed by atoms with E-state index in [0.717, 1.165) is 5.56 Å². The molecule has 2 fully saturated rings. The number of rotatable bonds is 5. The van der Waals surface area contributed by atoms with E-state index in [0.29, 0.717) is 16.7 Å². The van der Waals surface area contributed by atoms with Crippen LogP contribution < -0.4 is 0 Å². The van der Waals surface area contributed by atoms with Crippen molar-refractivity contribution in [2.45, 2.75) is 30.7 Å². The second kappa shape index (κ2) is 7.58. The maximum absolute atomic E-state index is 12.0. The molecule has 10 heteroatoms. The average Bonchev–Trinajstić information content (AvgIpc) is 3.00. The minimum Gasteiger partial charge on any atom is -0.481 e. The van der Waals surface area contributed by atoms with Crippen LogP contribution in [0.3, 0.4) is 0 Å². The monoisotopic (exact) mass is 416 g/mol. The van der Waals surface area contributed by atoms with Gasteiger partial charge in [0.15, 0.2) is 15.0 Å². The van der Waals surface area contributed by atoms with Gasteiger partial charge in [-0.15, -0.1) is 0 Å². The van der Waals surface area contributed by atoms with Crippen molar-refractivity contribution in [2.75, 3.05) is 11.5 Å². The number of sulfone groups is 1. The Kier molecular flexibility index (Phi) is 5.59. The summed E-state index contributed by atoms with van der Waals surface area (Å²) in [4.78, 5) is 28.5. The first kappa shape index (κ1) is 19.2. The summed E-state index contributed by atoms with van der Waals surface area (Å²) in [6, 6.07) is 6.93. The molecule has 1 amide bonds. The highest BCUT2D eigenvalue weighted by Gasteiger charge is 2.48. The van der Waals surface area contributed by atoms with Crippen molar-refractivity contribution in [2.24, 2.45) is 4.99 Å². The lowest BCUT2D eigenvalue weighted by atomic mass is 10.1. The lowest BCUT2D eigenvalue weighted by Crippen LogP contribution is -2.37. The molecule has 2 aliphatic heterocycles. The van der Waals surface area contributed by atoms with Gasteiger partial charge in [-0.25, -0.2) is 8.42 Å². The number of carboxylic acids is 1. The van der Waals surface area contributed by atoms with Gasteiger partial charge in [0.1, 0.15) is 0 Å². The van der Waals surface area contributed by atoms with Gasteiger partial charge in [-0.2, -0.15) is 4.99 Å². The summed E-state index contributed by atoms with van der Waals surface area (Å²) < 4.78 is 23.9. The molecule has 0 saturated carbocycles. The second-order valence-electron chi connectivity index (χ2n) is 6.24. The van der Waals surface area contributed by atoms with Crippen LogP contribution in [0.5, 0.6) is 0 Å². The van der Waals surface area contributed by atoms with Crippen molar-refractivity contribution in [1.29, 1.82) is 0 Å². The molecule has 2 aliphatic rings. The number of carbonyl (C=O) groups is 2. The molecule has 26 heavy (non-hydrogen) atoms. The minimum absolute atomic E-state index is 0.0284. The molecule has 140 valence electrons. The Morgan fingerprint density at radius 2 is 1.92 bits per heavy atom. The zero-order chi connectivity index (χ0) is 18.9. The molecule has 0 bridgehead atoms. The van der Waals surface area contributed by atoms with E-state index < -0.39 is 21.7 Å². The Morgan fingerprint density at radius 3 is 2.58 bits per heavy atom.